The number of hydrogen-bond donors (Lipinski definition) is 1. The fraction of sp³-hybridized carbons (Fsp3) is 0.111. The molecule has 0 aliphatic rings. The topological polar surface area (TPSA) is 45.8 Å². The van der Waals surface area contributed by atoms with E-state index in [-0.39, 0.29) is 5.56 Å². The molecular weight excluding hydrogens is 223 g/mol. The lowest BCUT2D eigenvalue weighted by Gasteiger charge is -2.01. The summed E-state index contributed by atoms with van der Waals surface area (Å²) in [5.41, 5.74) is 0.579. The molecule has 14 heavy (non-hydrogen) atoms. The van der Waals surface area contributed by atoms with Gasteiger partial charge in [0, 0.05) is 11.6 Å². The molecule has 0 aliphatic heterocycles. The zero-order valence-electron chi connectivity index (χ0n) is 7.00. The molecule has 2 rings (SSSR count). The molecule has 2 heterocycles. The lowest BCUT2D eigenvalue weighted by molar-refractivity contribution is 1.16. The van der Waals surface area contributed by atoms with Gasteiger partial charge in [0.15, 0.2) is 0 Å². The molecule has 0 unspecified atom stereocenters. The van der Waals surface area contributed by atoms with Crippen molar-refractivity contribution in [3.63, 3.8) is 0 Å². The molecule has 0 saturated carbocycles. The number of H-pyrrole nitrogens is 1. The van der Waals surface area contributed by atoms with Crippen LogP contribution in [0.15, 0.2) is 29.2 Å². The Bertz CT molecular complexity index is 521. The molecule has 3 nitrogen and oxygen atoms in total. The zero-order chi connectivity index (χ0) is 10.1. The number of halogens is 2. The van der Waals surface area contributed by atoms with Crippen LogP contribution in [0.1, 0.15) is 10.4 Å². The van der Waals surface area contributed by atoms with Gasteiger partial charge in [-0.25, -0.2) is 4.98 Å². The third-order valence-corrected chi connectivity index (χ3v) is 2.35. The van der Waals surface area contributed by atoms with E-state index in [1.54, 1.807) is 18.3 Å². The largest absolute Gasteiger partial charge is 0.306 e. The minimum Gasteiger partial charge on any atom is -0.306 e. The number of fused-ring (bicyclic) bond motifs is 1. The highest BCUT2D eigenvalue weighted by molar-refractivity contribution is 6.44. The summed E-state index contributed by atoms with van der Waals surface area (Å²) in [5.74, 6) is 0. The molecule has 1 N–H and O–H groups in total. The lowest BCUT2D eigenvalue weighted by atomic mass is 10.2. The highest BCUT2D eigenvalue weighted by Gasteiger charge is 2.09. The van der Waals surface area contributed by atoms with Crippen molar-refractivity contribution in [3.8, 4) is 0 Å². The third kappa shape index (κ3) is 1.61. The number of aromatic nitrogens is 2. The van der Waals surface area contributed by atoms with Crippen molar-refractivity contribution in [2.75, 3.05) is 0 Å². The lowest BCUT2D eigenvalue weighted by Crippen LogP contribution is -2.12. The highest BCUT2D eigenvalue weighted by atomic mass is 35.5. The number of pyridine rings is 2. The van der Waals surface area contributed by atoms with Crippen molar-refractivity contribution in [1.82, 2.24) is 9.97 Å². The monoisotopic (exact) mass is 228 g/mol. The van der Waals surface area contributed by atoms with E-state index in [9.17, 15) is 4.79 Å². The van der Waals surface area contributed by atoms with Crippen LogP contribution in [0.2, 0.25) is 0 Å². The molecule has 0 radical (unpaired) electrons. The Hall–Kier alpha value is -1.06. The highest BCUT2D eigenvalue weighted by Crippen LogP contribution is 2.22. The second-order valence-electron chi connectivity index (χ2n) is 2.80. The van der Waals surface area contributed by atoms with Crippen LogP contribution in [-0.2, 0) is 0 Å². The predicted molar refractivity (Wildman–Crippen MR) is 56.8 cm³/mol. The van der Waals surface area contributed by atoms with Gasteiger partial charge in [0.2, 0.25) is 0 Å². The fourth-order valence-corrected chi connectivity index (χ4v) is 1.54. The van der Waals surface area contributed by atoms with Crippen LogP contribution in [0.4, 0.5) is 0 Å². The first-order valence-electron chi connectivity index (χ1n) is 3.94. The van der Waals surface area contributed by atoms with Crippen LogP contribution in [0.5, 0.6) is 0 Å². The van der Waals surface area contributed by atoms with Gasteiger partial charge in [-0.2, -0.15) is 0 Å². The second-order valence-corrected chi connectivity index (χ2v) is 3.89. The van der Waals surface area contributed by atoms with Crippen LogP contribution in [0.3, 0.4) is 0 Å². The molecule has 0 spiro atoms. The van der Waals surface area contributed by atoms with E-state index in [0.717, 1.165) is 5.39 Å². The van der Waals surface area contributed by atoms with E-state index in [0.29, 0.717) is 11.2 Å². The van der Waals surface area contributed by atoms with Gasteiger partial charge in [0.25, 0.3) is 5.56 Å². The van der Waals surface area contributed by atoms with Crippen molar-refractivity contribution in [3.05, 3.63) is 40.3 Å². The number of alkyl halides is 2. The Morgan fingerprint density at radius 1 is 1.43 bits per heavy atom. The Balaban J connectivity index is 2.78. The average Bonchev–Trinajstić information content (AvgIpc) is 2.16. The SMILES string of the molecule is O=c1[nH]c2ncccc2cc1C(Cl)Cl. The van der Waals surface area contributed by atoms with Crippen molar-refractivity contribution in [2.45, 2.75) is 4.84 Å². The minimum absolute atomic E-state index is 0.300. The maximum atomic E-state index is 11.4. The van der Waals surface area contributed by atoms with E-state index >= 15 is 0 Å². The number of rotatable bonds is 1. The fourth-order valence-electron chi connectivity index (χ4n) is 1.21. The molecule has 5 heteroatoms. The molecule has 72 valence electrons. The molecule has 0 aromatic carbocycles. The number of nitrogens with zero attached hydrogens (tertiary/aromatic N) is 1. The quantitative estimate of drug-likeness (QED) is 0.763. The van der Waals surface area contributed by atoms with Crippen LogP contribution in [0, 0.1) is 0 Å². The van der Waals surface area contributed by atoms with Gasteiger partial charge in [0.1, 0.15) is 10.5 Å². The van der Waals surface area contributed by atoms with E-state index in [4.69, 9.17) is 23.2 Å². The summed E-state index contributed by atoms with van der Waals surface area (Å²) in [6.07, 6.45) is 1.61. The average molecular weight is 229 g/mol. The molecule has 0 saturated heterocycles. The zero-order valence-corrected chi connectivity index (χ0v) is 8.51. The Labute approximate surface area is 89.7 Å². The number of aromatic amines is 1. The van der Waals surface area contributed by atoms with Crippen molar-refractivity contribution < 1.29 is 0 Å². The summed E-state index contributed by atoms with van der Waals surface area (Å²) in [7, 11) is 0. The van der Waals surface area contributed by atoms with E-state index in [2.05, 4.69) is 9.97 Å². The standard InChI is InChI=1S/C9H6Cl2N2O/c10-7(11)6-4-5-2-1-3-12-8(5)13-9(6)14/h1-4,7H,(H,12,13,14). The molecule has 0 aliphatic carbocycles. The van der Waals surface area contributed by atoms with Gasteiger partial charge in [-0.05, 0) is 18.2 Å². The van der Waals surface area contributed by atoms with E-state index in [1.165, 1.54) is 0 Å². The molecule has 2 aromatic rings. The van der Waals surface area contributed by atoms with Gasteiger partial charge in [0.05, 0.1) is 5.56 Å². The smallest absolute Gasteiger partial charge is 0.255 e. The summed E-state index contributed by atoms with van der Waals surface area (Å²) in [4.78, 5) is 17.2. The molecule has 0 bridgehead atoms. The van der Waals surface area contributed by atoms with Gasteiger partial charge in [-0.1, -0.05) is 23.2 Å². The van der Waals surface area contributed by atoms with Gasteiger partial charge in [-0.15, -0.1) is 0 Å². The first kappa shape index (κ1) is 9.49. The Kier molecular flexibility index (Phi) is 2.44. The van der Waals surface area contributed by atoms with Crippen LogP contribution in [0.25, 0.3) is 11.0 Å². The van der Waals surface area contributed by atoms with Gasteiger partial charge < -0.3 is 4.98 Å². The van der Waals surface area contributed by atoms with Crippen molar-refractivity contribution >= 4 is 34.2 Å². The van der Waals surface area contributed by atoms with E-state index in [1.807, 2.05) is 6.07 Å². The molecule has 0 amide bonds. The first-order valence-corrected chi connectivity index (χ1v) is 4.82. The van der Waals surface area contributed by atoms with E-state index < -0.39 is 4.84 Å². The summed E-state index contributed by atoms with van der Waals surface area (Å²) in [5, 5.41) is 0.813. The van der Waals surface area contributed by atoms with Crippen molar-refractivity contribution in [1.29, 1.82) is 0 Å². The Morgan fingerprint density at radius 3 is 2.93 bits per heavy atom. The van der Waals surface area contributed by atoms with Gasteiger partial charge >= 0.3 is 0 Å². The van der Waals surface area contributed by atoms with Crippen LogP contribution < -0.4 is 5.56 Å². The molecule has 2 aromatic heterocycles. The third-order valence-electron chi connectivity index (χ3n) is 1.88. The van der Waals surface area contributed by atoms with Crippen LogP contribution >= 0.6 is 23.2 Å². The maximum absolute atomic E-state index is 11.4. The summed E-state index contributed by atoms with van der Waals surface area (Å²) in [6, 6.07) is 5.26. The summed E-state index contributed by atoms with van der Waals surface area (Å²) >= 11 is 11.3. The maximum Gasteiger partial charge on any atom is 0.255 e. The number of hydrogen-bond acceptors (Lipinski definition) is 2. The molecule has 0 fully saturated rings. The first-order chi connectivity index (χ1) is 6.68. The number of nitrogens with one attached hydrogen (secondary N) is 1. The van der Waals surface area contributed by atoms with Crippen molar-refractivity contribution in [2.24, 2.45) is 0 Å². The second kappa shape index (κ2) is 3.59. The minimum atomic E-state index is -0.816. The summed E-state index contributed by atoms with van der Waals surface area (Å²) in [6.45, 7) is 0. The molecular formula is C9H6Cl2N2O. The van der Waals surface area contributed by atoms with Crippen LogP contribution in [-0.4, -0.2) is 9.97 Å². The normalized spacial score (nSPS) is 11.1. The Morgan fingerprint density at radius 2 is 2.21 bits per heavy atom. The molecule has 0 atom stereocenters. The van der Waals surface area contributed by atoms with Gasteiger partial charge in [-0.3, -0.25) is 4.79 Å². The summed E-state index contributed by atoms with van der Waals surface area (Å²) < 4.78 is 0. The predicted octanol–water partition coefficient (Wildman–Crippen LogP) is 2.40.